The van der Waals surface area contributed by atoms with Gasteiger partial charge in [0.1, 0.15) is 6.04 Å². The monoisotopic (exact) mass is 208 g/mol. The molecule has 0 aliphatic carbocycles. The van der Waals surface area contributed by atoms with E-state index in [1.807, 2.05) is 0 Å². The number of rotatable bonds is 0. The molecule has 0 aromatic heterocycles. The van der Waals surface area contributed by atoms with Gasteiger partial charge in [-0.2, -0.15) is 18.3 Å². The summed E-state index contributed by atoms with van der Waals surface area (Å²) in [5, 5.41) is 5.09. The topological polar surface area (TPSA) is 15.6 Å². The lowest BCUT2D eigenvalue weighted by atomic mass is 10.0. The van der Waals surface area contributed by atoms with E-state index in [1.165, 1.54) is 0 Å². The van der Waals surface area contributed by atoms with E-state index in [2.05, 4.69) is 5.10 Å². The van der Waals surface area contributed by atoms with Crippen LogP contribution in [-0.4, -0.2) is 28.5 Å². The zero-order chi connectivity index (χ0) is 11.1. The van der Waals surface area contributed by atoms with Gasteiger partial charge in [-0.15, -0.1) is 0 Å². The van der Waals surface area contributed by atoms with Crippen molar-refractivity contribution in [3.63, 3.8) is 0 Å². The molecule has 1 rings (SSSR count). The van der Waals surface area contributed by atoms with Gasteiger partial charge >= 0.3 is 6.18 Å². The number of hydrogen-bond acceptors (Lipinski definition) is 2. The summed E-state index contributed by atoms with van der Waals surface area (Å²) in [5.41, 5.74) is -0.0416. The zero-order valence-electron chi connectivity index (χ0n) is 8.81. The van der Waals surface area contributed by atoms with Crippen molar-refractivity contribution < 1.29 is 13.2 Å². The normalized spacial score (nSPS) is 24.1. The van der Waals surface area contributed by atoms with Crippen LogP contribution in [-0.2, 0) is 0 Å². The summed E-state index contributed by atoms with van der Waals surface area (Å²) in [7, 11) is 0. The van der Waals surface area contributed by atoms with Crippen molar-refractivity contribution >= 4 is 5.71 Å². The molecule has 5 heteroatoms. The van der Waals surface area contributed by atoms with Crippen LogP contribution in [0, 0.1) is 0 Å². The second kappa shape index (κ2) is 3.14. The van der Waals surface area contributed by atoms with Gasteiger partial charge in [0, 0.05) is 12.1 Å². The Kier molecular flexibility index (Phi) is 2.54. The van der Waals surface area contributed by atoms with Gasteiger partial charge in [0.25, 0.3) is 0 Å². The molecule has 0 bridgehead atoms. The molecule has 0 spiro atoms. The van der Waals surface area contributed by atoms with Gasteiger partial charge in [-0.3, -0.25) is 5.01 Å². The van der Waals surface area contributed by atoms with Crippen molar-refractivity contribution in [3.8, 4) is 0 Å². The van der Waals surface area contributed by atoms with Gasteiger partial charge in [-0.05, 0) is 27.7 Å². The SMILES string of the molecule is CC1=NN(C(C)(C)C)C(C(F)(F)F)C1. The Morgan fingerprint density at radius 2 is 1.79 bits per heavy atom. The first kappa shape index (κ1) is 11.3. The maximum atomic E-state index is 12.6. The molecule has 82 valence electrons. The van der Waals surface area contributed by atoms with Gasteiger partial charge in [0.2, 0.25) is 0 Å². The van der Waals surface area contributed by atoms with E-state index >= 15 is 0 Å². The minimum absolute atomic E-state index is 0.0131. The van der Waals surface area contributed by atoms with Crippen molar-refractivity contribution in [1.29, 1.82) is 0 Å². The molecular weight excluding hydrogens is 193 g/mol. The highest BCUT2D eigenvalue weighted by Gasteiger charge is 2.49. The molecule has 1 unspecified atom stereocenters. The molecule has 0 saturated carbocycles. The Morgan fingerprint density at radius 3 is 2.07 bits per heavy atom. The number of halogens is 3. The van der Waals surface area contributed by atoms with E-state index in [4.69, 9.17) is 0 Å². The molecule has 0 saturated heterocycles. The average molecular weight is 208 g/mol. The van der Waals surface area contributed by atoms with E-state index in [-0.39, 0.29) is 6.42 Å². The molecule has 1 heterocycles. The molecule has 1 atom stereocenters. The summed E-state index contributed by atoms with van der Waals surface area (Å²) >= 11 is 0. The van der Waals surface area contributed by atoms with Crippen molar-refractivity contribution in [1.82, 2.24) is 5.01 Å². The molecule has 2 nitrogen and oxygen atoms in total. The lowest BCUT2D eigenvalue weighted by molar-refractivity contribution is -0.189. The van der Waals surface area contributed by atoms with Crippen LogP contribution in [0.4, 0.5) is 13.2 Å². The first-order valence-electron chi connectivity index (χ1n) is 4.52. The summed E-state index contributed by atoms with van der Waals surface area (Å²) in [6.45, 7) is 6.82. The van der Waals surface area contributed by atoms with Gasteiger partial charge < -0.3 is 0 Å². The molecule has 0 N–H and O–H groups in total. The fourth-order valence-electron chi connectivity index (χ4n) is 1.53. The van der Waals surface area contributed by atoms with Crippen molar-refractivity contribution in [3.05, 3.63) is 0 Å². The number of nitrogens with zero attached hydrogens (tertiary/aromatic N) is 2. The Balaban J connectivity index is 2.91. The molecule has 0 fully saturated rings. The molecule has 14 heavy (non-hydrogen) atoms. The summed E-state index contributed by atoms with van der Waals surface area (Å²) in [4.78, 5) is 0. The molecular formula is C9H15F3N2. The molecule has 1 aliphatic heterocycles. The van der Waals surface area contributed by atoms with E-state index in [1.54, 1.807) is 27.7 Å². The lowest BCUT2D eigenvalue weighted by Gasteiger charge is -2.36. The standard InChI is InChI=1S/C9H15F3N2/c1-6-5-7(9(10,11)12)14(13-6)8(2,3)4/h7H,5H2,1-4H3. The first-order valence-corrected chi connectivity index (χ1v) is 4.52. The summed E-state index contributed by atoms with van der Waals surface area (Å²) in [5.74, 6) is 0. The summed E-state index contributed by atoms with van der Waals surface area (Å²) in [6, 6.07) is -1.46. The fraction of sp³-hybridized carbons (Fsp3) is 0.889. The highest BCUT2D eigenvalue weighted by Crippen LogP contribution is 2.35. The van der Waals surface area contributed by atoms with Crippen LogP contribution < -0.4 is 0 Å². The maximum absolute atomic E-state index is 12.6. The summed E-state index contributed by atoms with van der Waals surface area (Å²) < 4.78 is 37.8. The smallest absolute Gasteiger partial charge is 0.279 e. The van der Waals surface area contributed by atoms with Crippen LogP contribution in [0.2, 0.25) is 0 Å². The van der Waals surface area contributed by atoms with E-state index in [0.29, 0.717) is 5.71 Å². The van der Waals surface area contributed by atoms with Gasteiger partial charge in [0.05, 0.1) is 5.54 Å². The van der Waals surface area contributed by atoms with E-state index < -0.39 is 17.8 Å². The molecule has 1 aliphatic rings. The number of hydrogen-bond donors (Lipinski definition) is 0. The minimum Gasteiger partial charge on any atom is -0.279 e. The zero-order valence-corrected chi connectivity index (χ0v) is 8.81. The summed E-state index contributed by atoms with van der Waals surface area (Å²) in [6.07, 6.45) is -4.21. The van der Waals surface area contributed by atoms with Crippen molar-refractivity contribution in [2.24, 2.45) is 5.10 Å². The van der Waals surface area contributed by atoms with Crippen LogP contribution in [0.1, 0.15) is 34.1 Å². The quantitative estimate of drug-likeness (QED) is 0.597. The van der Waals surface area contributed by atoms with Crippen LogP contribution in [0.25, 0.3) is 0 Å². The third-order valence-electron chi connectivity index (χ3n) is 2.13. The van der Waals surface area contributed by atoms with Crippen LogP contribution in [0.5, 0.6) is 0 Å². The molecule has 0 aromatic carbocycles. The van der Waals surface area contributed by atoms with E-state index in [0.717, 1.165) is 5.01 Å². The third kappa shape index (κ3) is 2.19. The van der Waals surface area contributed by atoms with E-state index in [9.17, 15) is 13.2 Å². The lowest BCUT2D eigenvalue weighted by Crippen LogP contribution is -2.48. The molecule has 0 aromatic rings. The van der Waals surface area contributed by atoms with Gasteiger partial charge in [-0.25, -0.2) is 0 Å². The Labute approximate surface area is 81.8 Å². The second-order valence-electron chi connectivity index (χ2n) is 4.61. The highest BCUT2D eigenvalue weighted by molar-refractivity contribution is 5.83. The van der Waals surface area contributed by atoms with Crippen molar-refractivity contribution in [2.45, 2.75) is 51.9 Å². The second-order valence-corrected chi connectivity index (χ2v) is 4.61. The Hall–Kier alpha value is -0.740. The maximum Gasteiger partial charge on any atom is 0.410 e. The molecule has 0 radical (unpaired) electrons. The molecule has 0 amide bonds. The van der Waals surface area contributed by atoms with Crippen LogP contribution in [0.3, 0.4) is 0 Å². The predicted molar refractivity (Wildman–Crippen MR) is 49.2 cm³/mol. The minimum atomic E-state index is -4.20. The van der Waals surface area contributed by atoms with Crippen LogP contribution >= 0.6 is 0 Å². The van der Waals surface area contributed by atoms with Gasteiger partial charge in [-0.1, -0.05) is 0 Å². The first-order chi connectivity index (χ1) is 6.12. The largest absolute Gasteiger partial charge is 0.410 e. The number of alkyl halides is 3. The number of hydrazone groups is 1. The average Bonchev–Trinajstić information content (AvgIpc) is 2.27. The highest BCUT2D eigenvalue weighted by atomic mass is 19.4. The Bertz CT molecular complexity index is 250. The van der Waals surface area contributed by atoms with Crippen molar-refractivity contribution in [2.75, 3.05) is 0 Å². The third-order valence-corrected chi connectivity index (χ3v) is 2.13. The Morgan fingerprint density at radius 1 is 1.29 bits per heavy atom. The predicted octanol–water partition coefficient (Wildman–Crippen LogP) is 2.80. The van der Waals surface area contributed by atoms with Crippen LogP contribution in [0.15, 0.2) is 5.10 Å². The fourth-order valence-corrected chi connectivity index (χ4v) is 1.53. The van der Waals surface area contributed by atoms with Gasteiger partial charge in [0.15, 0.2) is 0 Å².